The number of rotatable bonds is 3. The minimum atomic E-state index is -0.528. The van der Waals surface area contributed by atoms with Gasteiger partial charge in [-0.3, -0.25) is 9.48 Å². The van der Waals surface area contributed by atoms with Crippen molar-refractivity contribution in [3.05, 3.63) is 35.7 Å². The Hall–Kier alpha value is -3.03. The number of anilines is 1. The van der Waals surface area contributed by atoms with Gasteiger partial charge in [0.05, 0.1) is 19.2 Å². The number of hydrogen-bond acceptors (Lipinski definition) is 6. The predicted octanol–water partition coefficient (Wildman–Crippen LogP) is 1.84. The molecule has 0 fully saturated rings. The fourth-order valence-electron chi connectivity index (χ4n) is 3.10. The maximum Gasteiger partial charge on any atom is 0.358 e. The fourth-order valence-corrected chi connectivity index (χ4v) is 3.10. The lowest BCUT2D eigenvalue weighted by Crippen LogP contribution is -2.46. The molecule has 1 unspecified atom stereocenters. The van der Waals surface area contributed by atoms with Crippen molar-refractivity contribution in [2.45, 2.75) is 26.4 Å². The Balaban J connectivity index is 1.68. The summed E-state index contributed by atoms with van der Waals surface area (Å²) >= 11 is 0. The van der Waals surface area contributed by atoms with Crippen molar-refractivity contribution >= 4 is 17.6 Å². The Morgan fingerprint density at radius 2 is 2.12 bits per heavy atom. The van der Waals surface area contributed by atoms with Crippen molar-refractivity contribution in [2.75, 3.05) is 18.3 Å². The number of benzene rings is 1. The molecule has 8 heteroatoms. The van der Waals surface area contributed by atoms with E-state index in [0.717, 1.165) is 0 Å². The van der Waals surface area contributed by atoms with Crippen molar-refractivity contribution in [1.82, 2.24) is 9.78 Å². The molecule has 0 saturated carbocycles. The van der Waals surface area contributed by atoms with Crippen LogP contribution in [0.5, 0.6) is 11.5 Å². The molecule has 1 amide bonds. The smallest absolute Gasteiger partial charge is 0.358 e. The molecule has 0 bridgehead atoms. The van der Waals surface area contributed by atoms with Crippen molar-refractivity contribution in [2.24, 2.45) is 0 Å². The summed E-state index contributed by atoms with van der Waals surface area (Å²) in [7, 11) is 0. The van der Waals surface area contributed by atoms with E-state index in [4.69, 9.17) is 14.2 Å². The van der Waals surface area contributed by atoms with Gasteiger partial charge >= 0.3 is 5.97 Å². The first-order chi connectivity index (χ1) is 12.1. The van der Waals surface area contributed by atoms with Crippen molar-refractivity contribution in [3.63, 3.8) is 0 Å². The van der Waals surface area contributed by atoms with E-state index in [1.54, 1.807) is 28.6 Å². The topological polar surface area (TPSA) is 82.9 Å². The Labute approximate surface area is 143 Å². The minimum Gasteiger partial charge on any atom is -0.461 e. The summed E-state index contributed by atoms with van der Waals surface area (Å²) in [6.07, 6.45) is 0. The van der Waals surface area contributed by atoms with Crippen LogP contribution in [-0.2, 0) is 11.3 Å². The molecule has 2 aromatic rings. The zero-order valence-electron chi connectivity index (χ0n) is 13.9. The quantitative estimate of drug-likeness (QED) is 0.791. The first-order valence-electron chi connectivity index (χ1n) is 8.06. The van der Waals surface area contributed by atoms with E-state index in [2.05, 4.69) is 5.10 Å². The zero-order valence-corrected chi connectivity index (χ0v) is 13.9. The average molecular weight is 343 g/mol. The molecule has 0 spiro atoms. The molecule has 0 N–H and O–H groups in total. The van der Waals surface area contributed by atoms with Crippen molar-refractivity contribution in [3.8, 4) is 11.5 Å². The molecule has 0 radical (unpaired) electrons. The monoisotopic (exact) mass is 343 g/mol. The highest BCUT2D eigenvalue weighted by atomic mass is 16.7. The first-order valence-corrected chi connectivity index (χ1v) is 8.06. The normalized spacial score (nSPS) is 18.2. The van der Waals surface area contributed by atoms with Crippen LogP contribution in [0.3, 0.4) is 0 Å². The molecule has 1 atom stereocenters. The van der Waals surface area contributed by atoms with Crippen LogP contribution < -0.4 is 14.4 Å². The molecule has 0 saturated heterocycles. The van der Waals surface area contributed by atoms with Crippen LogP contribution >= 0.6 is 0 Å². The Kier molecular flexibility index (Phi) is 3.60. The lowest BCUT2D eigenvalue weighted by Gasteiger charge is -2.33. The van der Waals surface area contributed by atoms with Crippen molar-refractivity contribution < 1.29 is 23.8 Å². The maximum absolute atomic E-state index is 13.0. The molecule has 3 heterocycles. The molecular formula is C17H17N3O5. The van der Waals surface area contributed by atoms with Gasteiger partial charge in [0.1, 0.15) is 5.69 Å². The molecule has 0 aliphatic carbocycles. The summed E-state index contributed by atoms with van der Waals surface area (Å²) in [6, 6.07) is 6.74. The van der Waals surface area contributed by atoms with Crippen LogP contribution in [-0.4, -0.2) is 41.1 Å². The van der Waals surface area contributed by atoms with E-state index in [9.17, 15) is 9.59 Å². The highest BCUT2D eigenvalue weighted by molar-refractivity contribution is 6.07. The third kappa shape index (κ3) is 2.50. The molecule has 1 aromatic carbocycles. The van der Waals surface area contributed by atoms with Gasteiger partial charge in [-0.25, -0.2) is 4.79 Å². The SMILES string of the molecule is CCOC(=O)c1cc2n(n1)CC(C)N(c1ccc3c(c1)OCO3)C2=O. The molecule has 4 rings (SSSR count). The number of fused-ring (bicyclic) bond motifs is 2. The average Bonchev–Trinajstić information content (AvgIpc) is 3.21. The van der Waals surface area contributed by atoms with Gasteiger partial charge in [-0.2, -0.15) is 5.10 Å². The highest BCUT2D eigenvalue weighted by Gasteiger charge is 2.34. The number of aromatic nitrogens is 2. The maximum atomic E-state index is 13.0. The summed E-state index contributed by atoms with van der Waals surface area (Å²) in [5, 5.41) is 4.21. The number of amides is 1. The van der Waals surface area contributed by atoms with Crippen LogP contribution in [0.4, 0.5) is 5.69 Å². The van der Waals surface area contributed by atoms with E-state index >= 15 is 0 Å². The second-order valence-electron chi connectivity index (χ2n) is 5.88. The third-order valence-electron chi connectivity index (χ3n) is 4.21. The molecule has 2 aliphatic rings. The zero-order chi connectivity index (χ0) is 17.6. The fraction of sp³-hybridized carbons (Fsp3) is 0.353. The molecule has 25 heavy (non-hydrogen) atoms. The number of hydrogen-bond donors (Lipinski definition) is 0. The summed E-state index contributed by atoms with van der Waals surface area (Å²) in [5.74, 6) is 0.527. The summed E-state index contributed by atoms with van der Waals surface area (Å²) in [4.78, 5) is 26.5. The van der Waals surface area contributed by atoms with Crippen LogP contribution in [0, 0.1) is 0 Å². The summed E-state index contributed by atoms with van der Waals surface area (Å²) in [6.45, 7) is 4.57. The number of ether oxygens (including phenoxy) is 3. The second-order valence-corrected chi connectivity index (χ2v) is 5.88. The highest BCUT2D eigenvalue weighted by Crippen LogP contribution is 2.37. The van der Waals surface area contributed by atoms with E-state index in [1.165, 1.54) is 6.07 Å². The van der Waals surface area contributed by atoms with E-state index in [0.29, 0.717) is 29.4 Å². The van der Waals surface area contributed by atoms with E-state index in [1.807, 2.05) is 13.0 Å². The number of carbonyl (C=O) groups is 2. The summed E-state index contributed by atoms with van der Waals surface area (Å²) < 4.78 is 17.2. The Bertz CT molecular complexity index is 860. The standard InChI is InChI=1S/C17H17N3O5/c1-3-23-17(22)12-7-13-16(21)20(10(2)8-19(13)18-12)11-4-5-14-15(6-11)25-9-24-14/h4-7,10H,3,8-9H2,1-2H3. The van der Waals surface area contributed by atoms with E-state index < -0.39 is 5.97 Å². The van der Waals surface area contributed by atoms with E-state index in [-0.39, 0.29) is 31.0 Å². The third-order valence-corrected chi connectivity index (χ3v) is 4.21. The lowest BCUT2D eigenvalue weighted by molar-refractivity contribution is 0.0518. The molecule has 130 valence electrons. The lowest BCUT2D eigenvalue weighted by atomic mass is 10.1. The van der Waals surface area contributed by atoms with Gasteiger partial charge in [0.2, 0.25) is 6.79 Å². The Morgan fingerprint density at radius 3 is 2.92 bits per heavy atom. The van der Waals surface area contributed by atoms with Crippen LogP contribution in [0.1, 0.15) is 34.8 Å². The Morgan fingerprint density at radius 1 is 1.32 bits per heavy atom. The van der Waals surface area contributed by atoms with Crippen LogP contribution in [0.2, 0.25) is 0 Å². The molecule has 1 aromatic heterocycles. The molecule has 8 nitrogen and oxygen atoms in total. The summed E-state index contributed by atoms with van der Waals surface area (Å²) in [5.41, 5.74) is 1.22. The van der Waals surface area contributed by atoms with Crippen molar-refractivity contribution in [1.29, 1.82) is 0 Å². The van der Waals surface area contributed by atoms with Gasteiger partial charge in [-0.1, -0.05) is 0 Å². The van der Waals surface area contributed by atoms with Crippen LogP contribution in [0.25, 0.3) is 0 Å². The number of esters is 1. The van der Waals surface area contributed by atoms with Crippen LogP contribution in [0.15, 0.2) is 24.3 Å². The van der Waals surface area contributed by atoms with Gasteiger partial charge in [-0.05, 0) is 26.0 Å². The van der Waals surface area contributed by atoms with Gasteiger partial charge in [0.15, 0.2) is 17.2 Å². The van der Waals surface area contributed by atoms with Gasteiger partial charge < -0.3 is 19.1 Å². The molecule has 2 aliphatic heterocycles. The largest absolute Gasteiger partial charge is 0.461 e. The van der Waals surface area contributed by atoms with Gasteiger partial charge in [-0.15, -0.1) is 0 Å². The number of carbonyl (C=O) groups excluding carboxylic acids is 2. The minimum absolute atomic E-state index is 0.129. The predicted molar refractivity (Wildman–Crippen MR) is 87.0 cm³/mol. The van der Waals surface area contributed by atoms with Gasteiger partial charge in [0.25, 0.3) is 5.91 Å². The number of nitrogens with zero attached hydrogens (tertiary/aromatic N) is 3. The van der Waals surface area contributed by atoms with Gasteiger partial charge in [0, 0.05) is 17.8 Å². The molecular weight excluding hydrogens is 326 g/mol. The first kappa shape index (κ1) is 15.5. The second kappa shape index (κ2) is 5.80.